The average Bonchev–Trinajstić information content (AvgIpc) is 2.43. The second-order valence-corrected chi connectivity index (χ2v) is 6.52. The predicted molar refractivity (Wildman–Crippen MR) is 80.1 cm³/mol. The topological polar surface area (TPSA) is 83.5 Å². The van der Waals surface area contributed by atoms with Crippen molar-refractivity contribution < 1.29 is 22.7 Å². The van der Waals surface area contributed by atoms with Crippen LogP contribution < -0.4 is 4.72 Å². The zero-order chi connectivity index (χ0) is 16.5. The highest BCUT2D eigenvalue weighted by Gasteiger charge is 2.23. The molecule has 0 saturated carbocycles. The molecule has 2 aromatic carbocycles. The van der Waals surface area contributed by atoms with Gasteiger partial charge in [-0.2, -0.15) is 0 Å². The number of hydrogen-bond acceptors (Lipinski definition) is 3. The Balaban J connectivity index is 2.53. The first-order chi connectivity index (χ1) is 10.2. The van der Waals surface area contributed by atoms with E-state index in [1.54, 1.807) is 12.1 Å². The molecule has 0 aliphatic carbocycles. The first-order valence-corrected chi connectivity index (χ1v) is 7.82. The van der Waals surface area contributed by atoms with Crippen molar-refractivity contribution in [1.82, 2.24) is 0 Å². The molecule has 0 spiro atoms. The van der Waals surface area contributed by atoms with Crippen LogP contribution >= 0.6 is 0 Å². The minimum absolute atomic E-state index is 0.0295. The van der Waals surface area contributed by atoms with Crippen LogP contribution in [-0.2, 0) is 10.0 Å². The van der Waals surface area contributed by atoms with Gasteiger partial charge in [-0.15, -0.1) is 0 Å². The Morgan fingerprint density at radius 1 is 1.09 bits per heavy atom. The minimum Gasteiger partial charge on any atom is -0.478 e. The van der Waals surface area contributed by atoms with Gasteiger partial charge in [-0.25, -0.2) is 17.6 Å². The van der Waals surface area contributed by atoms with Gasteiger partial charge in [-0.05, 0) is 37.6 Å². The maximum absolute atomic E-state index is 13.7. The molecule has 7 heteroatoms. The van der Waals surface area contributed by atoms with E-state index in [2.05, 4.69) is 4.72 Å². The van der Waals surface area contributed by atoms with Crippen LogP contribution in [0.15, 0.2) is 41.3 Å². The molecule has 22 heavy (non-hydrogen) atoms. The van der Waals surface area contributed by atoms with E-state index < -0.39 is 27.4 Å². The van der Waals surface area contributed by atoms with Crippen LogP contribution in [-0.4, -0.2) is 19.5 Å². The monoisotopic (exact) mass is 323 g/mol. The number of anilines is 1. The molecule has 2 N–H and O–H groups in total. The Morgan fingerprint density at radius 3 is 2.23 bits per heavy atom. The van der Waals surface area contributed by atoms with Gasteiger partial charge in [0.15, 0.2) is 0 Å². The van der Waals surface area contributed by atoms with Crippen molar-refractivity contribution in [3.8, 4) is 0 Å². The third-order valence-corrected chi connectivity index (χ3v) is 4.51. The van der Waals surface area contributed by atoms with E-state index in [4.69, 9.17) is 5.11 Å². The Hall–Kier alpha value is -2.41. The molecule has 2 aromatic rings. The van der Waals surface area contributed by atoms with Crippen molar-refractivity contribution in [3.05, 3.63) is 58.9 Å². The van der Waals surface area contributed by atoms with Gasteiger partial charge >= 0.3 is 5.97 Å². The van der Waals surface area contributed by atoms with Crippen molar-refractivity contribution in [3.63, 3.8) is 0 Å². The number of carboxylic acid groups (broad SMARTS) is 1. The number of sulfonamides is 1. The van der Waals surface area contributed by atoms with Crippen molar-refractivity contribution in [2.24, 2.45) is 0 Å². The van der Waals surface area contributed by atoms with Gasteiger partial charge in [0, 0.05) is 0 Å². The summed E-state index contributed by atoms with van der Waals surface area (Å²) < 4.78 is 40.5. The molecule has 0 radical (unpaired) electrons. The summed E-state index contributed by atoms with van der Waals surface area (Å²) in [7, 11) is -4.01. The fourth-order valence-electron chi connectivity index (χ4n) is 1.93. The number of aryl methyl sites for hydroxylation is 2. The predicted octanol–water partition coefficient (Wildman–Crippen LogP) is 2.94. The molecule has 0 atom stereocenters. The molecule has 0 unspecified atom stereocenters. The van der Waals surface area contributed by atoms with Gasteiger partial charge < -0.3 is 5.11 Å². The lowest BCUT2D eigenvalue weighted by Gasteiger charge is -2.14. The molecule has 0 aliphatic rings. The summed E-state index contributed by atoms with van der Waals surface area (Å²) in [5.41, 5.74) is 0.227. The first-order valence-electron chi connectivity index (χ1n) is 6.34. The highest BCUT2D eigenvalue weighted by Crippen LogP contribution is 2.26. The maximum atomic E-state index is 13.7. The largest absolute Gasteiger partial charge is 0.478 e. The summed E-state index contributed by atoms with van der Waals surface area (Å²) in [5, 5.41) is 9.10. The molecule has 0 fully saturated rings. The van der Waals surface area contributed by atoms with Gasteiger partial charge in [0.25, 0.3) is 10.0 Å². The van der Waals surface area contributed by atoms with Crippen LogP contribution in [0.2, 0.25) is 0 Å². The lowest BCUT2D eigenvalue weighted by Crippen LogP contribution is -2.17. The standard InChI is InChI=1S/C15H14FNO4S/c1-9-3-6-11(7-4-9)22(20,21)17-14-10(2)5-8-12(16)13(14)15(18)19/h3-8,17H,1-2H3,(H,18,19). The second kappa shape index (κ2) is 5.76. The van der Waals surface area contributed by atoms with Gasteiger partial charge in [0.05, 0.1) is 10.6 Å². The summed E-state index contributed by atoms with van der Waals surface area (Å²) in [6, 6.07) is 8.33. The Morgan fingerprint density at radius 2 is 1.68 bits per heavy atom. The van der Waals surface area contributed by atoms with Crippen molar-refractivity contribution in [2.45, 2.75) is 18.7 Å². The van der Waals surface area contributed by atoms with E-state index >= 15 is 0 Å². The average molecular weight is 323 g/mol. The van der Waals surface area contributed by atoms with Gasteiger partial charge in [0.1, 0.15) is 11.4 Å². The number of carbonyl (C=O) groups is 1. The SMILES string of the molecule is Cc1ccc(S(=O)(=O)Nc2c(C)ccc(F)c2C(=O)O)cc1. The molecule has 116 valence electrons. The van der Waals surface area contributed by atoms with Crippen LogP contribution in [0.25, 0.3) is 0 Å². The summed E-state index contributed by atoms with van der Waals surface area (Å²) in [4.78, 5) is 11.2. The van der Waals surface area contributed by atoms with E-state index in [-0.39, 0.29) is 10.6 Å². The maximum Gasteiger partial charge on any atom is 0.340 e. The Labute approximate surface area is 127 Å². The zero-order valence-corrected chi connectivity index (χ0v) is 12.7. The van der Waals surface area contributed by atoms with Crippen LogP contribution in [0.3, 0.4) is 0 Å². The summed E-state index contributed by atoms with van der Waals surface area (Å²) in [6.45, 7) is 3.31. The fourth-order valence-corrected chi connectivity index (χ4v) is 3.08. The number of aromatic carboxylic acids is 1. The number of carboxylic acids is 1. The quantitative estimate of drug-likeness (QED) is 0.906. The zero-order valence-electron chi connectivity index (χ0n) is 11.9. The Bertz CT molecular complexity index is 829. The second-order valence-electron chi connectivity index (χ2n) is 4.84. The summed E-state index contributed by atoms with van der Waals surface area (Å²) >= 11 is 0. The molecule has 5 nitrogen and oxygen atoms in total. The van der Waals surface area contributed by atoms with Gasteiger partial charge in [0.2, 0.25) is 0 Å². The summed E-state index contributed by atoms with van der Waals surface area (Å²) in [6.07, 6.45) is 0. The minimum atomic E-state index is -4.01. The molecular weight excluding hydrogens is 309 g/mol. The lowest BCUT2D eigenvalue weighted by atomic mass is 10.1. The molecule has 0 bridgehead atoms. The smallest absolute Gasteiger partial charge is 0.340 e. The fraction of sp³-hybridized carbons (Fsp3) is 0.133. The van der Waals surface area contributed by atoms with Crippen LogP contribution in [0.1, 0.15) is 21.5 Å². The number of benzene rings is 2. The molecule has 0 saturated heterocycles. The Kier molecular flexibility index (Phi) is 4.18. The van der Waals surface area contributed by atoms with E-state index in [0.29, 0.717) is 5.56 Å². The molecule has 0 amide bonds. The molecular formula is C15H14FNO4S. The number of rotatable bonds is 4. The van der Waals surface area contributed by atoms with Crippen LogP contribution in [0, 0.1) is 19.7 Å². The highest BCUT2D eigenvalue weighted by molar-refractivity contribution is 7.92. The molecule has 0 heterocycles. The summed E-state index contributed by atoms with van der Waals surface area (Å²) in [5.74, 6) is -2.54. The highest BCUT2D eigenvalue weighted by atomic mass is 32.2. The van der Waals surface area contributed by atoms with Gasteiger partial charge in [-0.3, -0.25) is 4.72 Å². The molecule has 0 aromatic heterocycles. The van der Waals surface area contributed by atoms with E-state index in [1.165, 1.54) is 25.1 Å². The van der Waals surface area contributed by atoms with E-state index in [0.717, 1.165) is 11.6 Å². The third-order valence-electron chi connectivity index (χ3n) is 3.14. The molecule has 2 rings (SSSR count). The lowest BCUT2D eigenvalue weighted by molar-refractivity contribution is 0.0693. The number of hydrogen-bond donors (Lipinski definition) is 2. The van der Waals surface area contributed by atoms with Crippen molar-refractivity contribution in [2.75, 3.05) is 4.72 Å². The third kappa shape index (κ3) is 3.09. The normalized spacial score (nSPS) is 11.2. The van der Waals surface area contributed by atoms with Crippen LogP contribution in [0.4, 0.5) is 10.1 Å². The van der Waals surface area contributed by atoms with Gasteiger partial charge in [-0.1, -0.05) is 23.8 Å². The van der Waals surface area contributed by atoms with E-state index in [1.807, 2.05) is 6.92 Å². The van der Waals surface area contributed by atoms with E-state index in [9.17, 15) is 17.6 Å². The van der Waals surface area contributed by atoms with Crippen molar-refractivity contribution >= 4 is 21.7 Å². The van der Waals surface area contributed by atoms with Crippen LogP contribution in [0.5, 0.6) is 0 Å². The number of nitrogens with one attached hydrogen (secondary N) is 1. The number of halogens is 1. The van der Waals surface area contributed by atoms with Crippen molar-refractivity contribution in [1.29, 1.82) is 0 Å². The first kappa shape index (κ1) is 16.0. The molecule has 0 aliphatic heterocycles.